The van der Waals surface area contributed by atoms with Crippen molar-refractivity contribution >= 4 is 16.6 Å². The van der Waals surface area contributed by atoms with Crippen LogP contribution in [0.25, 0.3) is 10.8 Å². The molecular weight excluding hydrogens is 240 g/mol. The third-order valence-electron chi connectivity index (χ3n) is 3.16. The highest BCUT2D eigenvalue weighted by atomic mass is 16.1. The van der Waals surface area contributed by atoms with Crippen molar-refractivity contribution in [3.8, 4) is 0 Å². The Morgan fingerprint density at radius 1 is 1.16 bits per heavy atom. The molecule has 2 heterocycles. The van der Waals surface area contributed by atoms with Crippen molar-refractivity contribution in [2.24, 2.45) is 0 Å². The summed E-state index contributed by atoms with van der Waals surface area (Å²) in [5.74, 6) is 0.482. The lowest BCUT2D eigenvalue weighted by Crippen LogP contribution is -2.25. The number of rotatable bonds is 3. The van der Waals surface area contributed by atoms with Gasteiger partial charge in [-0.1, -0.05) is 18.2 Å². The van der Waals surface area contributed by atoms with Gasteiger partial charge in [-0.2, -0.15) is 5.10 Å². The summed E-state index contributed by atoms with van der Waals surface area (Å²) in [6, 6.07) is 11.2. The summed E-state index contributed by atoms with van der Waals surface area (Å²) in [6.45, 7) is 1.13. The lowest BCUT2D eigenvalue weighted by atomic mass is 10.1. The van der Waals surface area contributed by atoms with Crippen LogP contribution >= 0.6 is 0 Å². The monoisotopic (exact) mass is 254 g/mol. The molecule has 0 unspecified atom stereocenters. The maximum atomic E-state index is 12.4. The number of anilines is 1. The lowest BCUT2D eigenvalue weighted by Gasteiger charge is -2.11. The van der Waals surface area contributed by atoms with Gasteiger partial charge in [0.1, 0.15) is 5.82 Å². The molecule has 3 aromatic rings. The molecule has 2 aromatic heterocycles. The van der Waals surface area contributed by atoms with E-state index in [-0.39, 0.29) is 5.56 Å². The molecule has 0 amide bonds. The molecular formula is C14H14N4O. The third-order valence-corrected chi connectivity index (χ3v) is 3.16. The number of fused-ring (bicyclic) bond motifs is 1. The first-order chi connectivity index (χ1) is 9.25. The fourth-order valence-corrected chi connectivity index (χ4v) is 2.18. The minimum absolute atomic E-state index is 0.0530. The van der Waals surface area contributed by atoms with E-state index in [2.05, 4.69) is 5.10 Å². The summed E-state index contributed by atoms with van der Waals surface area (Å²) in [5.41, 5.74) is 5.91. The molecule has 0 bridgehead atoms. The number of pyridine rings is 1. The van der Waals surface area contributed by atoms with Crippen molar-refractivity contribution in [2.45, 2.75) is 13.1 Å². The summed E-state index contributed by atoms with van der Waals surface area (Å²) in [6.07, 6.45) is 3.58. The fraction of sp³-hybridized carbons (Fsp3) is 0.143. The zero-order chi connectivity index (χ0) is 13.2. The van der Waals surface area contributed by atoms with Crippen LogP contribution in [0.2, 0.25) is 0 Å². The quantitative estimate of drug-likeness (QED) is 0.770. The number of nitrogens with two attached hydrogens (primary N) is 1. The minimum Gasteiger partial charge on any atom is -0.385 e. The molecule has 19 heavy (non-hydrogen) atoms. The Morgan fingerprint density at radius 2 is 2.00 bits per heavy atom. The van der Waals surface area contributed by atoms with Gasteiger partial charge in [-0.25, -0.2) is 0 Å². The molecule has 2 N–H and O–H groups in total. The zero-order valence-electron chi connectivity index (χ0n) is 10.4. The fourth-order valence-electron chi connectivity index (χ4n) is 2.18. The summed E-state index contributed by atoms with van der Waals surface area (Å²) >= 11 is 0. The first kappa shape index (κ1) is 11.5. The largest absolute Gasteiger partial charge is 0.385 e. The van der Waals surface area contributed by atoms with Crippen molar-refractivity contribution in [3.63, 3.8) is 0 Å². The van der Waals surface area contributed by atoms with Crippen LogP contribution in [0.1, 0.15) is 0 Å². The molecule has 0 fully saturated rings. The van der Waals surface area contributed by atoms with Crippen LogP contribution in [0.5, 0.6) is 0 Å². The van der Waals surface area contributed by atoms with Gasteiger partial charge in [-0.15, -0.1) is 0 Å². The Morgan fingerprint density at radius 3 is 2.79 bits per heavy atom. The smallest absolute Gasteiger partial charge is 0.260 e. The van der Waals surface area contributed by atoms with Gasteiger partial charge < -0.3 is 5.73 Å². The predicted molar refractivity (Wildman–Crippen MR) is 74.8 cm³/mol. The van der Waals surface area contributed by atoms with E-state index in [0.717, 1.165) is 5.39 Å². The molecule has 0 atom stereocenters. The van der Waals surface area contributed by atoms with Crippen molar-refractivity contribution in [1.29, 1.82) is 0 Å². The summed E-state index contributed by atoms with van der Waals surface area (Å²) < 4.78 is 3.37. The van der Waals surface area contributed by atoms with E-state index in [1.807, 2.05) is 42.6 Å². The average molecular weight is 254 g/mol. The van der Waals surface area contributed by atoms with Crippen molar-refractivity contribution < 1.29 is 0 Å². The van der Waals surface area contributed by atoms with Crippen LogP contribution in [0, 0.1) is 0 Å². The van der Waals surface area contributed by atoms with Crippen LogP contribution in [0.3, 0.4) is 0 Å². The van der Waals surface area contributed by atoms with E-state index < -0.39 is 0 Å². The highest BCUT2D eigenvalue weighted by Crippen LogP contribution is 2.13. The van der Waals surface area contributed by atoms with Crippen LogP contribution < -0.4 is 11.3 Å². The van der Waals surface area contributed by atoms with Gasteiger partial charge >= 0.3 is 0 Å². The van der Waals surface area contributed by atoms with Gasteiger partial charge in [0.15, 0.2) is 0 Å². The molecule has 1 aromatic carbocycles. The molecule has 0 aliphatic carbocycles. The van der Waals surface area contributed by atoms with Gasteiger partial charge in [0.2, 0.25) is 0 Å². The van der Waals surface area contributed by atoms with Gasteiger partial charge in [0.25, 0.3) is 5.56 Å². The molecule has 3 rings (SSSR count). The third kappa shape index (κ3) is 2.10. The van der Waals surface area contributed by atoms with Crippen LogP contribution in [0.15, 0.2) is 53.6 Å². The van der Waals surface area contributed by atoms with Crippen LogP contribution in [-0.2, 0) is 13.1 Å². The van der Waals surface area contributed by atoms with Crippen LogP contribution in [-0.4, -0.2) is 14.3 Å². The second-order valence-corrected chi connectivity index (χ2v) is 4.38. The first-order valence-corrected chi connectivity index (χ1v) is 6.11. The summed E-state index contributed by atoms with van der Waals surface area (Å²) in [4.78, 5) is 12.4. The SMILES string of the molecule is Nc1cc2ccccc2c(=O)n1CCn1cccn1. The Hall–Kier alpha value is -2.56. The molecule has 96 valence electrons. The summed E-state index contributed by atoms with van der Waals surface area (Å²) in [5, 5.41) is 5.68. The van der Waals surface area contributed by atoms with E-state index in [9.17, 15) is 4.79 Å². The number of nitrogen functional groups attached to an aromatic ring is 1. The van der Waals surface area contributed by atoms with Gasteiger partial charge in [-0.3, -0.25) is 14.0 Å². The lowest BCUT2D eigenvalue weighted by molar-refractivity contribution is 0.530. The second-order valence-electron chi connectivity index (χ2n) is 4.38. The van der Waals surface area contributed by atoms with Crippen molar-refractivity contribution in [3.05, 3.63) is 59.1 Å². The average Bonchev–Trinajstić information content (AvgIpc) is 2.92. The minimum atomic E-state index is -0.0530. The van der Waals surface area contributed by atoms with E-state index in [1.54, 1.807) is 15.4 Å². The van der Waals surface area contributed by atoms with E-state index in [1.165, 1.54) is 0 Å². The molecule has 0 spiro atoms. The Labute approximate surface area is 109 Å². The number of benzene rings is 1. The molecule has 0 aliphatic heterocycles. The Kier molecular flexibility index (Phi) is 2.79. The molecule has 0 aliphatic rings. The highest BCUT2D eigenvalue weighted by molar-refractivity contribution is 5.83. The summed E-state index contributed by atoms with van der Waals surface area (Å²) in [7, 11) is 0. The molecule has 0 saturated carbocycles. The molecule has 0 saturated heterocycles. The van der Waals surface area contributed by atoms with Gasteiger partial charge in [0, 0.05) is 24.3 Å². The van der Waals surface area contributed by atoms with Gasteiger partial charge in [-0.05, 0) is 23.6 Å². The standard InChI is InChI=1S/C14H14N4O/c15-13-10-11-4-1-2-5-12(11)14(19)18(13)9-8-17-7-3-6-16-17/h1-7,10H,8-9,15H2. The topological polar surface area (TPSA) is 65.8 Å². The molecule has 5 heteroatoms. The van der Waals surface area contributed by atoms with Crippen molar-refractivity contribution in [1.82, 2.24) is 14.3 Å². The number of nitrogens with zero attached hydrogens (tertiary/aromatic N) is 3. The predicted octanol–water partition coefficient (Wildman–Crippen LogP) is 1.48. The maximum absolute atomic E-state index is 12.4. The maximum Gasteiger partial charge on any atom is 0.260 e. The number of hydrogen-bond acceptors (Lipinski definition) is 3. The number of aryl methyl sites for hydroxylation is 1. The number of hydrogen-bond donors (Lipinski definition) is 1. The van der Waals surface area contributed by atoms with E-state index in [0.29, 0.717) is 24.3 Å². The molecule has 0 radical (unpaired) electrons. The van der Waals surface area contributed by atoms with E-state index in [4.69, 9.17) is 5.73 Å². The normalized spacial score (nSPS) is 10.9. The zero-order valence-corrected chi connectivity index (χ0v) is 10.4. The molecule has 5 nitrogen and oxygen atoms in total. The van der Waals surface area contributed by atoms with Gasteiger partial charge in [0.05, 0.1) is 6.54 Å². The van der Waals surface area contributed by atoms with Crippen molar-refractivity contribution in [2.75, 3.05) is 5.73 Å². The van der Waals surface area contributed by atoms with E-state index >= 15 is 0 Å². The number of aromatic nitrogens is 3. The second kappa shape index (κ2) is 4.61. The highest BCUT2D eigenvalue weighted by Gasteiger charge is 2.06. The Balaban J connectivity index is 2.01. The Bertz CT molecular complexity index is 759. The van der Waals surface area contributed by atoms with Crippen LogP contribution in [0.4, 0.5) is 5.82 Å². The first-order valence-electron chi connectivity index (χ1n) is 6.11.